The molecule has 2 aromatic carbocycles. The highest BCUT2D eigenvalue weighted by Gasteiger charge is 2.21. The molecule has 2 N–H and O–H groups in total. The van der Waals surface area contributed by atoms with E-state index in [1.165, 1.54) is 10.9 Å². The second-order valence-corrected chi connectivity index (χ2v) is 7.06. The summed E-state index contributed by atoms with van der Waals surface area (Å²) in [5.41, 5.74) is 4.21. The molecule has 26 heavy (non-hydrogen) atoms. The highest BCUT2D eigenvalue weighted by atomic mass is 16.2. The van der Waals surface area contributed by atoms with Crippen molar-refractivity contribution in [3.05, 3.63) is 60.3 Å². The molecular weight excluding hydrogens is 322 g/mol. The second kappa shape index (κ2) is 7.34. The molecule has 1 fully saturated rings. The fraction of sp³-hybridized carbons (Fsp3) is 0.318. The largest absolute Gasteiger partial charge is 0.361 e. The molecule has 0 saturated carbocycles. The minimum Gasteiger partial charge on any atom is -0.361 e. The van der Waals surface area contributed by atoms with Crippen molar-refractivity contribution in [1.82, 2.24) is 15.2 Å². The third kappa shape index (κ3) is 3.37. The van der Waals surface area contributed by atoms with E-state index in [1.807, 2.05) is 35.4 Å². The highest BCUT2D eigenvalue weighted by Crippen LogP contribution is 2.24. The molecule has 1 aliphatic heterocycles. The van der Waals surface area contributed by atoms with Gasteiger partial charge in [0, 0.05) is 30.4 Å². The van der Waals surface area contributed by atoms with E-state index >= 15 is 0 Å². The van der Waals surface area contributed by atoms with E-state index in [-0.39, 0.29) is 5.91 Å². The predicted octanol–water partition coefficient (Wildman–Crippen LogP) is 3.91. The smallest absolute Gasteiger partial charge is 0.253 e. The van der Waals surface area contributed by atoms with Gasteiger partial charge in [0.2, 0.25) is 0 Å². The maximum atomic E-state index is 12.9. The van der Waals surface area contributed by atoms with Gasteiger partial charge in [-0.2, -0.15) is 0 Å². The van der Waals surface area contributed by atoms with Crippen LogP contribution < -0.4 is 5.32 Å². The maximum Gasteiger partial charge on any atom is 0.253 e. The van der Waals surface area contributed by atoms with Crippen molar-refractivity contribution in [2.75, 3.05) is 26.2 Å². The summed E-state index contributed by atoms with van der Waals surface area (Å²) < 4.78 is 0. The molecule has 4 rings (SSSR count). The number of H-pyrrole nitrogens is 1. The maximum absolute atomic E-state index is 12.9. The van der Waals surface area contributed by atoms with Gasteiger partial charge in [0.25, 0.3) is 5.91 Å². The molecule has 1 aromatic heterocycles. The number of hydrogen-bond donors (Lipinski definition) is 2. The standard InChI is InChI=1S/C22H25N3O/c1-2-25(15-16-9-11-23-14-16)22(26)18-5-3-17(4-6-18)19-7-8-21-20(13-19)10-12-24-21/h3-8,10,12-13,16,23-24H,2,9,11,14-15H2,1H3/t16-/m1/s1. The number of benzene rings is 2. The Labute approximate surface area is 154 Å². The van der Waals surface area contributed by atoms with Crippen molar-refractivity contribution < 1.29 is 4.79 Å². The SMILES string of the molecule is CCN(C[C@@H]1CCNC1)C(=O)c1ccc(-c2ccc3[nH]ccc3c2)cc1. The summed E-state index contributed by atoms with van der Waals surface area (Å²) in [6.45, 7) is 5.73. The first-order valence-electron chi connectivity index (χ1n) is 9.42. The Morgan fingerprint density at radius 1 is 1.12 bits per heavy atom. The molecule has 0 aliphatic carbocycles. The van der Waals surface area contributed by atoms with E-state index in [9.17, 15) is 4.79 Å². The third-order valence-corrected chi connectivity index (χ3v) is 5.33. The van der Waals surface area contributed by atoms with Crippen LogP contribution in [0.3, 0.4) is 0 Å². The zero-order valence-electron chi connectivity index (χ0n) is 15.2. The van der Waals surface area contributed by atoms with Gasteiger partial charge >= 0.3 is 0 Å². The summed E-state index contributed by atoms with van der Waals surface area (Å²) in [5.74, 6) is 0.707. The molecule has 0 unspecified atom stereocenters. The van der Waals surface area contributed by atoms with Crippen molar-refractivity contribution in [2.45, 2.75) is 13.3 Å². The molecule has 3 aromatic rings. The number of aromatic nitrogens is 1. The van der Waals surface area contributed by atoms with Crippen LogP contribution in [0, 0.1) is 5.92 Å². The Hall–Kier alpha value is -2.59. The molecular formula is C22H25N3O. The number of nitrogens with one attached hydrogen (secondary N) is 2. The van der Waals surface area contributed by atoms with Crippen LogP contribution in [0.5, 0.6) is 0 Å². The van der Waals surface area contributed by atoms with Crippen LogP contribution in [-0.2, 0) is 0 Å². The lowest BCUT2D eigenvalue weighted by molar-refractivity contribution is 0.0742. The molecule has 134 valence electrons. The first-order chi connectivity index (χ1) is 12.7. The highest BCUT2D eigenvalue weighted by molar-refractivity contribution is 5.95. The zero-order chi connectivity index (χ0) is 17.9. The molecule has 4 heteroatoms. The van der Waals surface area contributed by atoms with Crippen molar-refractivity contribution in [2.24, 2.45) is 5.92 Å². The molecule has 2 heterocycles. The zero-order valence-corrected chi connectivity index (χ0v) is 15.2. The fourth-order valence-corrected chi connectivity index (χ4v) is 3.76. The summed E-state index contributed by atoms with van der Waals surface area (Å²) in [6.07, 6.45) is 3.11. The van der Waals surface area contributed by atoms with Crippen molar-refractivity contribution in [3.8, 4) is 11.1 Å². The average molecular weight is 347 g/mol. The first-order valence-corrected chi connectivity index (χ1v) is 9.42. The van der Waals surface area contributed by atoms with Crippen LogP contribution in [-0.4, -0.2) is 42.0 Å². The molecule has 0 spiro atoms. The number of hydrogen-bond acceptors (Lipinski definition) is 2. The van der Waals surface area contributed by atoms with E-state index in [1.54, 1.807) is 0 Å². The Balaban J connectivity index is 1.51. The Morgan fingerprint density at radius 2 is 1.92 bits per heavy atom. The topological polar surface area (TPSA) is 48.1 Å². The van der Waals surface area contributed by atoms with E-state index < -0.39 is 0 Å². The summed E-state index contributed by atoms with van der Waals surface area (Å²) in [5, 5.41) is 4.58. The third-order valence-electron chi connectivity index (χ3n) is 5.33. The van der Waals surface area contributed by atoms with Crippen molar-refractivity contribution in [1.29, 1.82) is 0 Å². The molecule has 1 amide bonds. The molecule has 0 radical (unpaired) electrons. The van der Waals surface area contributed by atoms with Gasteiger partial charge in [-0.25, -0.2) is 0 Å². The van der Waals surface area contributed by atoms with Gasteiger partial charge in [-0.15, -0.1) is 0 Å². The van der Waals surface area contributed by atoms with Crippen LogP contribution in [0.2, 0.25) is 0 Å². The molecule has 0 bridgehead atoms. The number of rotatable bonds is 5. The number of nitrogens with zero attached hydrogens (tertiary/aromatic N) is 1. The van der Waals surface area contributed by atoms with Gasteiger partial charge in [0.15, 0.2) is 0 Å². The number of carbonyl (C=O) groups excluding carboxylic acids is 1. The van der Waals surface area contributed by atoms with Gasteiger partial charge in [-0.05, 0) is 79.2 Å². The number of aromatic amines is 1. The van der Waals surface area contributed by atoms with Crippen molar-refractivity contribution in [3.63, 3.8) is 0 Å². The Bertz CT molecular complexity index is 891. The van der Waals surface area contributed by atoms with Crippen molar-refractivity contribution >= 4 is 16.8 Å². The van der Waals surface area contributed by atoms with Crippen LogP contribution in [0.4, 0.5) is 0 Å². The molecule has 1 atom stereocenters. The monoisotopic (exact) mass is 347 g/mol. The van der Waals surface area contributed by atoms with Gasteiger partial charge < -0.3 is 15.2 Å². The lowest BCUT2D eigenvalue weighted by Gasteiger charge is -2.24. The van der Waals surface area contributed by atoms with Crippen LogP contribution in [0.25, 0.3) is 22.0 Å². The predicted molar refractivity (Wildman–Crippen MR) is 106 cm³/mol. The van der Waals surface area contributed by atoms with Crippen LogP contribution >= 0.6 is 0 Å². The van der Waals surface area contributed by atoms with Crippen LogP contribution in [0.1, 0.15) is 23.7 Å². The Morgan fingerprint density at radius 3 is 2.65 bits per heavy atom. The Kier molecular flexibility index (Phi) is 4.76. The van der Waals surface area contributed by atoms with Gasteiger partial charge in [-0.3, -0.25) is 4.79 Å². The average Bonchev–Trinajstić information content (AvgIpc) is 3.36. The molecule has 1 saturated heterocycles. The lowest BCUT2D eigenvalue weighted by Crippen LogP contribution is -2.35. The van der Waals surface area contributed by atoms with Gasteiger partial charge in [0.1, 0.15) is 0 Å². The number of amides is 1. The second-order valence-electron chi connectivity index (χ2n) is 7.06. The van der Waals surface area contributed by atoms with E-state index in [0.29, 0.717) is 5.92 Å². The summed E-state index contributed by atoms with van der Waals surface area (Å²) in [6, 6.07) is 16.5. The quantitative estimate of drug-likeness (QED) is 0.735. The first kappa shape index (κ1) is 16.9. The van der Waals surface area contributed by atoms with Gasteiger partial charge in [0.05, 0.1) is 0 Å². The lowest BCUT2D eigenvalue weighted by atomic mass is 10.0. The van der Waals surface area contributed by atoms with E-state index in [0.717, 1.165) is 49.2 Å². The minimum absolute atomic E-state index is 0.132. The van der Waals surface area contributed by atoms with E-state index in [4.69, 9.17) is 0 Å². The summed E-state index contributed by atoms with van der Waals surface area (Å²) >= 11 is 0. The molecule has 4 nitrogen and oxygen atoms in total. The summed E-state index contributed by atoms with van der Waals surface area (Å²) in [7, 11) is 0. The summed E-state index contributed by atoms with van der Waals surface area (Å²) in [4.78, 5) is 18.0. The minimum atomic E-state index is 0.132. The number of fused-ring (bicyclic) bond motifs is 1. The fourth-order valence-electron chi connectivity index (χ4n) is 3.76. The van der Waals surface area contributed by atoms with Gasteiger partial charge in [-0.1, -0.05) is 18.2 Å². The number of carbonyl (C=O) groups is 1. The molecule has 1 aliphatic rings. The van der Waals surface area contributed by atoms with Crippen LogP contribution in [0.15, 0.2) is 54.7 Å². The normalized spacial score (nSPS) is 16.9. The van der Waals surface area contributed by atoms with E-state index in [2.05, 4.69) is 41.5 Å².